The highest BCUT2D eigenvalue weighted by Gasteiger charge is 2.54. The fourth-order valence-corrected chi connectivity index (χ4v) is 6.87. The topological polar surface area (TPSA) is 104 Å². The number of ketones is 1. The Hall–Kier alpha value is -3.04. The van der Waals surface area contributed by atoms with Gasteiger partial charge >= 0.3 is 0 Å². The number of nitrogens with zero attached hydrogens (tertiary/aromatic N) is 2. The standard InChI is InChI=1S/C28H35N3O5S/c1-18(2)16-23(29-27(33)21-12-10-20(11-13-21)19(3)4)28(34)30-15-14-24-26(30)25(32)17-31(24)37(35,36)22-8-6-5-7-9-22/h5-13,18-19,23-24,26H,14-17H2,1-4H3,(H,29,33)/t23-,24+,26-/m0/s1. The zero-order valence-electron chi connectivity index (χ0n) is 21.8. The van der Waals surface area contributed by atoms with E-state index in [9.17, 15) is 22.8 Å². The largest absolute Gasteiger partial charge is 0.340 e. The second kappa shape index (κ2) is 10.8. The van der Waals surface area contributed by atoms with E-state index in [0.717, 1.165) is 5.56 Å². The maximum atomic E-state index is 13.7. The molecule has 3 atom stereocenters. The van der Waals surface area contributed by atoms with Gasteiger partial charge in [-0.05, 0) is 54.5 Å². The van der Waals surface area contributed by atoms with E-state index in [4.69, 9.17) is 0 Å². The first-order valence-corrected chi connectivity index (χ1v) is 14.3. The van der Waals surface area contributed by atoms with Crippen LogP contribution in [-0.2, 0) is 19.6 Å². The Balaban J connectivity index is 1.53. The first kappa shape index (κ1) is 27.0. The van der Waals surface area contributed by atoms with Gasteiger partial charge in [0.1, 0.15) is 12.1 Å². The van der Waals surface area contributed by atoms with Crippen molar-refractivity contribution in [2.75, 3.05) is 13.1 Å². The van der Waals surface area contributed by atoms with E-state index in [-0.39, 0.29) is 41.5 Å². The summed E-state index contributed by atoms with van der Waals surface area (Å²) in [6.45, 7) is 8.07. The van der Waals surface area contributed by atoms with Gasteiger partial charge in [0.25, 0.3) is 5.91 Å². The van der Waals surface area contributed by atoms with Crippen LogP contribution in [0.4, 0.5) is 0 Å². The lowest BCUT2D eigenvalue weighted by Gasteiger charge is -2.29. The molecule has 198 valence electrons. The van der Waals surface area contributed by atoms with Crippen LogP contribution in [0.3, 0.4) is 0 Å². The van der Waals surface area contributed by atoms with Gasteiger partial charge in [0, 0.05) is 12.1 Å². The van der Waals surface area contributed by atoms with Crippen LogP contribution in [0, 0.1) is 5.92 Å². The molecule has 0 saturated carbocycles. The van der Waals surface area contributed by atoms with Crippen molar-refractivity contribution in [2.45, 2.75) is 69.5 Å². The van der Waals surface area contributed by atoms with Gasteiger partial charge in [-0.15, -0.1) is 0 Å². The number of likely N-dealkylation sites (tertiary alicyclic amines) is 1. The number of rotatable bonds is 8. The molecule has 2 aromatic rings. The van der Waals surface area contributed by atoms with Crippen molar-refractivity contribution in [2.24, 2.45) is 5.92 Å². The van der Waals surface area contributed by atoms with Crippen LogP contribution in [0.5, 0.6) is 0 Å². The van der Waals surface area contributed by atoms with E-state index in [1.807, 2.05) is 26.0 Å². The summed E-state index contributed by atoms with van der Waals surface area (Å²) in [7, 11) is -3.87. The number of hydrogen-bond donors (Lipinski definition) is 1. The number of hydrogen-bond acceptors (Lipinski definition) is 5. The summed E-state index contributed by atoms with van der Waals surface area (Å²) in [5, 5.41) is 2.88. The van der Waals surface area contributed by atoms with E-state index in [2.05, 4.69) is 19.2 Å². The third-order valence-electron chi connectivity index (χ3n) is 7.16. The van der Waals surface area contributed by atoms with E-state index in [1.54, 1.807) is 30.3 Å². The molecule has 2 aliphatic heterocycles. The lowest BCUT2D eigenvalue weighted by atomic mass is 10.00. The Kier molecular flexibility index (Phi) is 7.85. The summed E-state index contributed by atoms with van der Waals surface area (Å²) < 4.78 is 27.8. The smallest absolute Gasteiger partial charge is 0.251 e. The molecule has 0 aliphatic carbocycles. The molecular weight excluding hydrogens is 490 g/mol. The highest BCUT2D eigenvalue weighted by Crippen LogP contribution is 2.34. The van der Waals surface area contributed by atoms with E-state index in [0.29, 0.717) is 24.3 Å². The SMILES string of the molecule is CC(C)C[C@H](NC(=O)c1ccc(C(C)C)cc1)C(=O)N1CC[C@@H]2[C@H]1C(=O)CN2S(=O)(=O)c1ccccc1. The van der Waals surface area contributed by atoms with Crippen LogP contribution in [0.25, 0.3) is 0 Å². The molecule has 0 radical (unpaired) electrons. The second-order valence-electron chi connectivity index (χ2n) is 10.6. The molecular formula is C28H35N3O5S. The van der Waals surface area contributed by atoms with Gasteiger partial charge in [-0.25, -0.2) is 8.42 Å². The average Bonchev–Trinajstić information content (AvgIpc) is 3.45. The Labute approximate surface area is 219 Å². The van der Waals surface area contributed by atoms with Crippen molar-refractivity contribution >= 4 is 27.6 Å². The lowest BCUT2D eigenvalue weighted by molar-refractivity contribution is -0.138. The quantitative estimate of drug-likeness (QED) is 0.570. The molecule has 2 amide bonds. The minimum atomic E-state index is -3.87. The molecule has 2 aromatic carbocycles. The van der Waals surface area contributed by atoms with Gasteiger partial charge in [0.2, 0.25) is 15.9 Å². The fraction of sp³-hybridized carbons (Fsp3) is 0.464. The monoisotopic (exact) mass is 525 g/mol. The number of benzene rings is 2. The lowest BCUT2D eigenvalue weighted by Crippen LogP contribution is -2.53. The zero-order chi connectivity index (χ0) is 26.9. The van der Waals surface area contributed by atoms with Gasteiger partial charge in [-0.1, -0.05) is 58.0 Å². The Morgan fingerprint density at radius 2 is 1.65 bits per heavy atom. The molecule has 4 rings (SSSR count). The number of amides is 2. The summed E-state index contributed by atoms with van der Waals surface area (Å²) >= 11 is 0. The van der Waals surface area contributed by atoms with Gasteiger partial charge in [-0.2, -0.15) is 4.31 Å². The van der Waals surface area contributed by atoms with Crippen LogP contribution in [0.1, 0.15) is 62.4 Å². The molecule has 0 bridgehead atoms. The summed E-state index contributed by atoms with van der Waals surface area (Å²) in [6.07, 6.45) is 0.774. The van der Waals surface area contributed by atoms with E-state index >= 15 is 0 Å². The number of Topliss-reactive ketones (excluding diaryl/α,β-unsaturated/α-hetero) is 1. The fourth-order valence-electron chi connectivity index (χ4n) is 5.22. The van der Waals surface area contributed by atoms with Gasteiger partial charge in [0.15, 0.2) is 5.78 Å². The van der Waals surface area contributed by atoms with Crippen LogP contribution in [0.2, 0.25) is 0 Å². The Morgan fingerprint density at radius 3 is 2.24 bits per heavy atom. The summed E-state index contributed by atoms with van der Waals surface area (Å²) in [5.74, 6) is -0.541. The van der Waals surface area contributed by atoms with Crippen LogP contribution in [0.15, 0.2) is 59.5 Å². The second-order valence-corrected chi connectivity index (χ2v) is 12.5. The molecule has 0 spiro atoms. The molecule has 37 heavy (non-hydrogen) atoms. The molecule has 0 aromatic heterocycles. The molecule has 0 unspecified atom stereocenters. The number of fused-ring (bicyclic) bond motifs is 1. The van der Waals surface area contributed by atoms with Gasteiger partial charge in [0.05, 0.1) is 17.5 Å². The minimum Gasteiger partial charge on any atom is -0.340 e. The maximum Gasteiger partial charge on any atom is 0.251 e. The first-order valence-electron chi connectivity index (χ1n) is 12.8. The minimum absolute atomic E-state index is 0.116. The third kappa shape index (κ3) is 5.48. The van der Waals surface area contributed by atoms with Crippen LogP contribution in [-0.4, -0.2) is 66.4 Å². The molecule has 2 fully saturated rings. The average molecular weight is 526 g/mol. The highest BCUT2D eigenvalue weighted by atomic mass is 32.2. The van der Waals surface area contributed by atoms with Crippen molar-refractivity contribution in [1.82, 2.24) is 14.5 Å². The normalized spacial score (nSPS) is 20.9. The molecule has 9 heteroatoms. The zero-order valence-corrected chi connectivity index (χ0v) is 22.6. The van der Waals surface area contributed by atoms with Crippen molar-refractivity contribution in [3.63, 3.8) is 0 Å². The first-order chi connectivity index (χ1) is 17.5. The number of carbonyl (C=O) groups is 3. The van der Waals surface area contributed by atoms with Crippen molar-refractivity contribution in [3.8, 4) is 0 Å². The maximum absolute atomic E-state index is 13.7. The Morgan fingerprint density at radius 1 is 1.00 bits per heavy atom. The highest BCUT2D eigenvalue weighted by molar-refractivity contribution is 7.89. The molecule has 2 heterocycles. The third-order valence-corrected chi connectivity index (χ3v) is 9.05. The predicted octanol–water partition coefficient (Wildman–Crippen LogP) is 3.20. The van der Waals surface area contributed by atoms with E-state index < -0.39 is 28.1 Å². The van der Waals surface area contributed by atoms with Crippen molar-refractivity contribution < 1.29 is 22.8 Å². The number of sulfonamides is 1. The molecule has 2 saturated heterocycles. The number of carbonyl (C=O) groups excluding carboxylic acids is 3. The Bertz CT molecular complexity index is 1260. The van der Waals surface area contributed by atoms with Crippen LogP contribution < -0.4 is 5.32 Å². The summed E-state index contributed by atoms with van der Waals surface area (Å²) in [6, 6.07) is 13.1. The molecule has 2 aliphatic rings. The van der Waals surface area contributed by atoms with Gasteiger partial charge < -0.3 is 10.2 Å². The molecule has 8 nitrogen and oxygen atoms in total. The van der Waals surface area contributed by atoms with E-state index in [1.165, 1.54) is 21.3 Å². The number of nitrogens with one attached hydrogen (secondary N) is 1. The van der Waals surface area contributed by atoms with Gasteiger partial charge in [-0.3, -0.25) is 14.4 Å². The van der Waals surface area contributed by atoms with Crippen molar-refractivity contribution in [3.05, 3.63) is 65.7 Å². The van der Waals surface area contributed by atoms with Crippen molar-refractivity contribution in [1.29, 1.82) is 0 Å². The van der Waals surface area contributed by atoms with Crippen LogP contribution >= 0.6 is 0 Å². The summed E-state index contributed by atoms with van der Waals surface area (Å²) in [5.41, 5.74) is 1.58. The predicted molar refractivity (Wildman–Crippen MR) is 140 cm³/mol. The molecule has 1 N–H and O–H groups in total. The summed E-state index contributed by atoms with van der Waals surface area (Å²) in [4.78, 5) is 41.4.